The first kappa shape index (κ1) is 31.3. The summed E-state index contributed by atoms with van der Waals surface area (Å²) < 4.78 is 16.6. The van der Waals surface area contributed by atoms with Gasteiger partial charge in [-0.15, -0.1) is 0 Å². The van der Waals surface area contributed by atoms with Crippen LogP contribution in [0, 0.1) is 5.82 Å². The van der Waals surface area contributed by atoms with Crippen LogP contribution < -0.4 is 10.6 Å². The molecule has 2 atom stereocenters. The number of halogens is 2. The van der Waals surface area contributed by atoms with Crippen molar-refractivity contribution in [1.82, 2.24) is 29.3 Å². The molecule has 4 aromatic rings. The largest absolute Gasteiger partial charge is 0.355 e. The molecule has 2 unspecified atom stereocenters. The van der Waals surface area contributed by atoms with Gasteiger partial charge in [0.25, 0.3) is 0 Å². The van der Waals surface area contributed by atoms with E-state index in [0.717, 1.165) is 5.56 Å². The van der Waals surface area contributed by atoms with Gasteiger partial charge in [-0.3, -0.25) is 9.78 Å². The average Bonchev–Trinajstić information content (AvgIpc) is 2.97. The molecular weight excluding hydrogens is 581 g/mol. The van der Waals surface area contributed by atoms with Crippen LogP contribution in [0.2, 0.25) is 5.02 Å². The van der Waals surface area contributed by atoms with Crippen molar-refractivity contribution in [3.63, 3.8) is 0 Å². The molecule has 1 aliphatic rings. The maximum Gasteiger partial charge on any atom is 0.355 e. The second kappa shape index (κ2) is 12.5. The molecule has 0 N–H and O–H groups in total. The van der Waals surface area contributed by atoms with E-state index >= 15 is 4.39 Å². The molecule has 44 heavy (non-hydrogen) atoms. The lowest BCUT2D eigenvalue weighted by atomic mass is 10.00. The summed E-state index contributed by atoms with van der Waals surface area (Å²) in [7, 11) is 3.87. The topological polar surface area (TPSA) is 87.5 Å². The van der Waals surface area contributed by atoms with Gasteiger partial charge in [0.2, 0.25) is 5.91 Å². The molecule has 0 aliphatic carbocycles. The highest BCUT2D eigenvalue weighted by Crippen LogP contribution is 2.36. The lowest BCUT2D eigenvalue weighted by Gasteiger charge is -2.44. The minimum Gasteiger partial charge on any atom is -0.349 e. The zero-order valence-electron chi connectivity index (χ0n) is 25.9. The van der Waals surface area contributed by atoms with Crippen molar-refractivity contribution in [2.45, 2.75) is 52.2 Å². The smallest absolute Gasteiger partial charge is 0.349 e. The molecule has 230 valence electrons. The zero-order valence-corrected chi connectivity index (χ0v) is 26.6. The number of aromatic nitrogens is 4. The molecule has 1 aromatic carbocycles. The van der Waals surface area contributed by atoms with Crippen LogP contribution in [0.1, 0.15) is 44.9 Å². The Morgan fingerprint density at radius 3 is 2.55 bits per heavy atom. The van der Waals surface area contributed by atoms with Crippen molar-refractivity contribution < 1.29 is 9.18 Å². The third-order valence-corrected chi connectivity index (χ3v) is 8.28. The van der Waals surface area contributed by atoms with Crippen LogP contribution in [0.25, 0.3) is 28.0 Å². The Kier molecular flexibility index (Phi) is 8.85. The lowest BCUT2D eigenvalue weighted by molar-refractivity contribution is -0.128. The van der Waals surface area contributed by atoms with Gasteiger partial charge in [-0.1, -0.05) is 44.2 Å². The van der Waals surface area contributed by atoms with Gasteiger partial charge in [0.05, 0.1) is 27.5 Å². The van der Waals surface area contributed by atoms with Gasteiger partial charge in [0.1, 0.15) is 11.6 Å². The Morgan fingerprint density at radius 1 is 1.16 bits per heavy atom. The van der Waals surface area contributed by atoms with Crippen LogP contribution in [-0.4, -0.2) is 74.5 Å². The van der Waals surface area contributed by atoms with Gasteiger partial charge >= 0.3 is 5.69 Å². The fourth-order valence-corrected chi connectivity index (χ4v) is 6.12. The van der Waals surface area contributed by atoms with Gasteiger partial charge in [-0.05, 0) is 69.8 Å². The van der Waals surface area contributed by atoms with Crippen molar-refractivity contribution in [2.24, 2.45) is 0 Å². The summed E-state index contributed by atoms with van der Waals surface area (Å²) in [5.41, 5.74) is 2.37. The van der Waals surface area contributed by atoms with Crippen molar-refractivity contribution >= 4 is 34.4 Å². The summed E-state index contributed by atoms with van der Waals surface area (Å²) >= 11 is 6.84. The maximum atomic E-state index is 15.1. The van der Waals surface area contributed by atoms with E-state index in [9.17, 15) is 9.59 Å². The Balaban J connectivity index is 1.85. The molecule has 1 aliphatic heterocycles. The van der Waals surface area contributed by atoms with Gasteiger partial charge in [-0.2, -0.15) is 4.98 Å². The number of hydrogen-bond acceptors (Lipinski definition) is 7. The van der Waals surface area contributed by atoms with E-state index in [1.807, 2.05) is 43.8 Å². The van der Waals surface area contributed by atoms with E-state index in [2.05, 4.69) is 30.4 Å². The molecule has 4 heterocycles. The van der Waals surface area contributed by atoms with Crippen LogP contribution in [0.15, 0.2) is 60.0 Å². The first-order valence-corrected chi connectivity index (χ1v) is 15.0. The highest BCUT2D eigenvalue weighted by Gasteiger charge is 2.34. The number of amides is 1. The van der Waals surface area contributed by atoms with E-state index in [0.29, 0.717) is 47.9 Å². The van der Waals surface area contributed by atoms with Crippen molar-refractivity contribution in [3.8, 4) is 16.9 Å². The first-order valence-electron chi connectivity index (χ1n) is 14.6. The van der Waals surface area contributed by atoms with E-state index < -0.39 is 11.5 Å². The number of piperazine rings is 1. The summed E-state index contributed by atoms with van der Waals surface area (Å²) in [5, 5.41) is 0.757. The number of fused-ring (bicyclic) bond motifs is 1. The van der Waals surface area contributed by atoms with Crippen molar-refractivity contribution in [1.29, 1.82) is 0 Å². The monoisotopic (exact) mass is 617 g/mol. The molecule has 0 saturated carbocycles. The number of nitrogens with zero attached hydrogens (tertiary/aromatic N) is 7. The molecule has 3 aromatic heterocycles. The summed E-state index contributed by atoms with van der Waals surface area (Å²) in [4.78, 5) is 46.8. The third kappa shape index (κ3) is 5.71. The molecule has 9 nitrogen and oxygen atoms in total. The molecule has 5 rings (SSSR count). The normalized spacial score (nSPS) is 17.1. The van der Waals surface area contributed by atoms with E-state index in [4.69, 9.17) is 16.6 Å². The van der Waals surface area contributed by atoms with E-state index in [1.165, 1.54) is 16.7 Å². The number of carbonyl (C=O) groups is 1. The molecule has 0 radical (unpaired) electrons. The van der Waals surface area contributed by atoms with Crippen molar-refractivity contribution in [2.75, 3.05) is 32.1 Å². The van der Waals surface area contributed by atoms with Crippen LogP contribution >= 0.6 is 11.6 Å². The summed E-state index contributed by atoms with van der Waals surface area (Å²) in [5.74, 6) is -0.176. The number of anilines is 1. The standard InChI is InChI=1S/C33H37ClFN7O2/c1-8-28(43)40-16-21(5)41(17-20(40)4)31-24-15-25(34)29(23-11-9-10-12-26(23)35)37-32(24)42(33(44)38-31)30-22(19(2)3)13-14-36-27(30)18-39(6)7/h8-15,19-21H,1,16-18H2,2-7H3. The second-order valence-electron chi connectivity index (χ2n) is 11.9. The molecule has 1 amide bonds. The Bertz CT molecular complexity index is 1810. The van der Waals surface area contributed by atoms with Gasteiger partial charge < -0.3 is 14.7 Å². The Morgan fingerprint density at radius 2 is 1.89 bits per heavy atom. The maximum absolute atomic E-state index is 15.1. The summed E-state index contributed by atoms with van der Waals surface area (Å²) in [6.45, 7) is 13.0. The highest BCUT2D eigenvalue weighted by molar-refractivity contribution is 6.33. The Labute approximate surface area is 261 Å². The van der Waals surface area contributed by atoms with Crippen LogP contribution in [0.4, 0.5) is 10.2 Å². The van der Waals surface area contributed by atoms with Gasteiger partial charge in [0.15, 0.2) is 5.65 Å². The molecular formula is C33H37ClFN7O2. The van der Waals surface area contributed by atoms with E-state index in [-0.39, 0.29) is 40.2 Å². The Hall–Kier alpha value is -4.15. The van der Waals surface area contributed by atoms with Crippen LogP contribution in [0.5, 0.6) is 0 Å². The number of rotatable bonds is 7. The van der Waals surface area contributed by atoms with E-state index in [1.54, 1.807) is 35.4 Å². The number of benzene rings is 1. The summed E-state index contributed by atoms with van der Waals surface area (Å²) in [6.07, 6.45) is 3.06. The molecule has 11 heteroatoms. The van der Waals surface area contributed by atoms with Gasteiger partial charge in [-0.25, -0.2) is 18.7 Å². The predicted octanol–water partition coefficient (Wildman–Crippen LogP) is 5.43. The SMILES string of the molecule is C=CC(=O)N1CC(C)N(c2nc(=O)n(-c3c(C(C)C)ccnc3CN(C)C)c3nc(-c4ccccc4F)c(Cl)cc23)CC1C. The fraction of sp³-hybridized carbons (Fsp3) is 0.364. The molecule has 0 bridgehead atoms. The summed E-state index contributed by atoms with van der Waals surface area (Å²) in [6, 6.07) is 9.53. The minimum absolute atomic E-state index is 0.0465. The zero-order chi connectivity index (χ0) is 31.9. The highest BCUT2D eigenvalue weighted by atomic mass is 35.5. The predicted molar refractivity (Wildman–Crippen MR) is 173 cm³/mol. The second-order valence-corrected chi connectivity index (χ2v) is 12.3. The van der Waals surface area contributed by atoms with Crippen LogP contribution in [0.3, 0.4) is 0 Å². The number of hydrogen-bond donors (Lipinski definition) is 0. The first-order chi connectivity index (χ1) is 20.9. The molecule has 1 saturated heterocycles. The molecule has 0 spiro atoms. The minimum atomic E-state index is -0.541. The average molecular weight is 618 g/mol. The quantitative estimate of drug-likeness (QED) is 0.256. The van der Waals surface area contributed by atoms with Crippen LogP contribution in [-0.2, 0) is 11.3 Å². The van der Waals surface area contributed by atoms with Crippen molar-refractivity contribution in [3.05, 3.63) is 87.8 Å². The fourth-order valence-electron chi connectivity index (χ4n) is 5.87. The van der Waals surface area contributed by atoms with Gasteiger partial charge in [0, 0.05) is 43.5 Å². The lowest BCUT2D eigenvalue weighted by Crippen LogP contribution is -2.58. The number of pyridine rings is 2. The molecule has 1 fully saturated rings. The number of carbonyl (C=O) groups excluding carboxylic acids is 1. The third-order valence-electron chi connectivity index (χ3n) is 7.99.